The molecule has 0 radical (unpaired) electrons. The Bertz CT molecular complexity index is 502. The van der Waals surface area contributed by atoms with Gasteiger partial charge in [-0.2, -0.15) is 0 Å². The third-order valence-corrected chi connectivity index (χ3v) is 3.69. The first-order chi connectivity index (χ1) is 9.45. The van der Waals surface area contributed by atoms with Crippen LogP contribution < -0.4 is 0 Å². The van der Waals surface area contributed by atoms with E-state index in [-0.39, 0.29) is 23.8 Å². The molecule has 0 aromatic rings. The smallest absolute Gasteiger partial charge is 0.303 e. The first-order valence-electron chi connectivity index (χ1n) is 6.68. The summed E-state index contributed by atoms with van der Waals surface area (Å²) in [5.41, 5.74) is 1.48. The molecular formula is C15H18O5. The van der Waals surface area contributed by atoms with E-state index in [4.69, 9.17) is 9.47 Å². The lowest BCUT2D eigenvalue weighted by Gasteiger charge is -2.24. The summed E-state index contributed by atoms with van der Waals surface area (Å²) in [7, 11) is 0. The zero-order chi connectivity index (χ0) is 14.9. The largest absolute Gasteiger partial charge is 0.458 e. The van der Waals surface area contributed by atoms with E-state index in [1.165, 1.54) is 13.8 Å². The van der Waals surface area contributed by atoms with Crippen LogP contribution in [0.25, 0.3) is 0 Å². The summed E-state index contributed by atoms with van der Waals surface area (Å²) >= 11 is 0. The van der Waals surface area contributed by atoms with Crippen LogP contribution in [-0.4, -0.2) is 29.9 Å². The average molecular weight is 278 g/mol. The summed E-state index contributed by atoms with van der Waals surface area (Å²) in [4.78, 5) is 34.7. The van der Waals surface area contributed by atoms with Gasteiger partial charge >= 0.3 is 11.9 Å². The van der Waals surface area contributed by atoms with E-state index in [0.717, 1.165) is 5.57 Å². The summed E-state index contributed by atoms with van der Waals surface area (Å²) in [5.74, 6) is -1.27. The van der Waals surface area contributed by atoms with Gasteiger partial charge in [0.25, 0.3) is 0 Å². The van der Waals surface area contributed by atoms with Crippen molar-refractivity contribution in [2.24, 2.45) is 5.92 Å². The number of allylic oxidation sites excluding steroid dienone is 1. The second kappa shape index (κ2) is 5.61. The van der Waals surface area contributed by atoms with Crippen LogP contribution in [0.5, 0.6) is 0 Å². The number of rotatable bonds is 4. The van der Waals surface area contributed by atoms with Gasteiger partial charge in [0, 0.05) is 25.3 Å². The normalized spacial score (nSPS) is 28.3. The summed E-state index contributed by atoms with van der Waals surface area (Å²) in [6.45, 7) is 6.31. The molecule has 0 aromatic heterocycles. The second-order valence-corrected chi connectivity index (χ2v) is 5.10. The van der Waals surface area contributed by atoms with Gasteiger partial charge in [-0.15, -0.1) is 6.58 Å². The lowest BCUT2D eigenvalue weighted by Crippen LogP contribution is -2.32. The van der Waals surface area contributed by atoms with Crippen molar-refractivity contribution < 1.29 is 23.9 Å². The van der Waals surface area contributed by atoms with Crippen LogP contribution in [-0.2, 0) is 23.9 Å². The first kappa shape index (κ1) is 14.5. The van der Waals surface area contributed by atoms with E-state index in [1.807, 2.05) is 0 Å². The predicted octanol–water partition coefficient (Wildman–Crippen LogP) is 1.72. The minimum absolute atomic E-state index is 0.156. The van der Waals surface area contributed by atoms with Crippen molar-refractivity contribution >= 4 is 17.7 Å². The first-order valence-corrected chi connectivity index (χ1v) is 6.68. The summed E-state index contributed by atoms with van der Waals surface area (Å²) in [6.07, 6.45) is 2.22. The second-order valence-electron chi connectivity index (χ2n) is 5.10. The Hall–Kier alpha value is -1.91. The van der Waals surface area contributed by atoms with Gasteiger partial charge in [-0.1, -0.05) is 6.08 Å². The number of ketones is 1. The number of carbonyl (C=O) groups excluding carboxylic acids is 3. The van der Waals surface area contributed by atoms with Gasteiger partial charge < -0.3 is 9.47 Å². The van der Waals surface area contributed by atoms with Crippen molar-refractivity contribution in [2.45, 2.75) is 45.3 Å². The SMILES string of the molecule is C=CC[C@@H]1C2=C(CC[C@@H]2OC(C)=O)C(=O)[C@@H]1OC(C)=O. The number of ether oxygens (including phenoxy) is 2. The van der Waals surface area contributed by atoms with Crippen LogP contribution in [0.2, 0.25) is 0 Å². The monoisotopic (exact) mass is 278 g/mol. The Morgan fingerprint density at radius 1 is 1.30 bits per heavy atom. The van der Waals surface area contributed by atoms with Crippen LogP contribution in [0.15, 0.2) is 23.8 Å². The molecule has 0 saturated carbocycles. The van der Waals surface area contributed by atoms with E-state index in [0.29, 0.717) is 24.8 Å². The van der Waals surface area contributed by atoms with E-state index in [1.54, 1.807) is 6.08 Å². The van der Waals surface area contributed by atoms with Crippen molar-refractivity contribution in [3.05, 3.63) is 23.8 Å². The molecule has 0 saturated heterocycles. The number of Topliss-reactive ketones (excluding diaryl/α,β-unsaturated/α-hetero) is 1. The Labute approximate surface area is 117 Å². The Kier molecular flexibility index (Phi) is 4.06. The molecule has 5 nitrogen and oxygen atoms in total. The molecule has 3 atom stereocenters. The molecule has 20 heavy (non-hydrogen) atoms. The number of hydrogen-bond donors (Lipinski definition) is 0. The van der Waals surface area contributed by atoms with Gasteiger partial charge in [0.1, 0.15) is 6.10 Å². The summed E-state index contributed by atoms with van der Waals surface area (Å²) in [6, 6.07) is 0. The Balaban J connectivity index is 2.29. The van der Waals surface area contributed by atoms with Crippen molar-refractivity contribution in [1.29, 1.82) is 0 Å². The molecule has 0 unspecified atom stereocenters. The highest BCUT2D eigenvalue weighted by Crippen LogP contribution is 2.44. The van der Waals surface area contributed by atoms with Gasteiger partial charge in [-0.05, 0) is 24.8 Å². The molecule has 0 aromatic carbocycles. The number of esters is 2. The fourth-order valence-corrected chi connectivity index (χ4v) is 3.08. The third kappa shape index (κ3) is 2.53. The van der Waals surface area contributed by atoms with Crippen LogP contribution in [0, 0.1) is 5.92 Å². The third-order valence-electron chi connectivity index (χ3n) is 3.69. The number of carbonyl (C=O) groups is 3. The standard InChI is InChI=1S/C15H18O5/c1-4-5-11-13-10(6-7-12(13)19-8(2)16)14(18)15(11)20-9(3)17/h4,11-12,15H,1,5-7H2,2-3H3/t11-,12+,15-/m1/s1. The minimum atomic E-state index is -0.797. The molecule has 5 heteroatoms. The van der Waals surface area contributed by atoms with Crippen molar-refractivity contribution in [3.63, 3.8) is 0 Å². The van der Waals surface area contributed by atoms with E-state index in [2.05, 4.69) is 6.58 Å². The molecule has 0 fully saturated rings. The maximum atomic E-state index is 12.3. The molecular weight excluding hydrogens is 260 g/mol. The zero-order valence-corrected chi connectivity index (χ0v) is 11.7. The van der Waals surface area contributed by atoms with Crippen LogP contribution in [0.4, 0.5) is 0 Å². The van der Waals surface area contributed by atoms with Crippen LogP contribution >= 0.6 is 0 Å². The van der Waals surface area contributed by atoms with E-state index < -0.39 is 12.1 Å². The lowest BCUT2D eigenvalue weighted by molar-refractivity contribution is -0.154. The maximum Gasteiger partial charge on any atom is 0.303 e. The van der Waals surface area contributed by atoms with Crippen LogP contribution in [0.3, 0.4) is 0 Å². The van der Waals surface area contributed by atoms with E-state index in [9.17, 15) is 14.4 Å². The van der Waals surface area contributed by atoms with Gasteiger partial charge in [0.05, 0.1) is 0 Å². The van der Waals surface area contributed by atoms with Gasteiger partial charge in [0.2, 0.25) is 0 Å². The molecule has 0 N–H and O–H groups in total. The molecule has 2 aliphatic carbocycles. The highest BCUT2D eigenvalue weighted by atomic mass is 16.6. The average Bonchev–Trinajstić information content (AvgIpc) is 2.84. The molecule has 108 valence electrons. The highest BCUT2D eigenvalue weighted by Gasteiger charge is 2.49. The zero-order valence-electron chi connectivity index (χ0n) is 11.7. The predicted molar refractivity (Wildman–Crippen MR) is 70.7 cm³/mol. The van der Waals surface area contributed by atoms with Crippen molar-refractivity contribution in [3.8, 4) is 0 Å². The molecule has 0 spiro atoms. The van der Waals surface area contributed by atoms with Gasteiger partial charge in [0.15, 0.2) is 11.9 Å². The summed E-state index contributed by atoms with van der Waals surface area (Å²) in [5, 5.41) is 0. The summed E-state index contributed by atoms with van der Waals surface area (Å²) < 4.78 is 10.4. The lowest BCUT2D eigenvalue weighted by atomic mass is 9.91. The minimum Gasteiger partial charge on any atom is -0.458 e. The molecule has 0 heterocycles. The molecule has 0 aliphatic heterocycles. The Morgan fingerprint density at radius 2 is 1.95 bits per heavy atom. The van der Waals surface area contributed by atoms with E-state index >= 15 is 0 Å². The van der Waals surface area contributed by atoms with Crippen molar-refractivity contribution in [1.82, 2.24) is 0 Å². The Morgan fingerprint density at radius 3 is 2.50 bits per heavy atom. The quantitative estimate of drug-likeness (QED) is 0.578. The fourth-order valence-electron chi connectivity index (χ4n) is 3.08. The van der Waals surface area contributed by atoms with Crippen molar-refractivity contribution in [2.75, 3.05) is 0 Å². The number of hydrogen-bond acceptors (Lipinski definition) is 5. The highest BCUT2D eigenvalue weighted by molar-refractivity contribution is 6.04. The van der Waals surface area contributed by atoms with Gasteiger partial charge in [-0.25, -0.2) is 0 Å². The molecule has 0 amide bonds. The van der Waals surface area contributed by atoms with Gasteiger partial charge in [-0.3, -0.25) is 14.4 Å². The van der Waals surface area contributed by atoms with Crippen LogP contribution in [0.1, 0.15) is 33.1 Å². The maximum absolute atomic E-state index is 12.3. The molecule has 2 aliphatic rings. The fraction of sp³-hybridized carbons (Fsp3) is 0.533. The topological polar surface area (TPSA) is 69.7 Å². The molecule has 2 rings (SSSR count). The molecule has 0 bridgehead atoms.